The minimum Gasteiger partial charge on any atom is -0.477 e. The molecule has 0 fully saturated rings. The van der Waals surface area contributed by atoms with Crippen LogP contribution < -0.4 is 16.9 Å². The van der Waals surface area contributed by atoms with Crippen LogP contribution in [0.3, 0.4) is 0 Å². The van der Waals surface area contributed by atoms with Crippen LogP contribution in [-0.2, 0) is 26.4 Å². The van der Waals surface area contributed by atoms with Crippen LogP contribution in [0.1, 0.15) is 46.4 Å². The highest BCUT2D eigenvalue weighted by Crippen LogP contribution is 2.40. The molecule has 1 atom stereocenters. The van der Waals surface area contributed by atoms with Crippen molar-refractivity contribution in [1.29, 1.82) is 0 Å². The lowest BCUT2D eigenvalue weighted by Gasteiger charge is -2.19. The predicted octanol–water partition coefficient (Wildman–Crippen LogP) is 2.67. The Morgan fingerprint density at radius 1 is 1.05 bits per heavy atom. The van der Waals surface area contributed by atoms with Crippen molar-refractivity contribution in [1.82, 2.24) is 18.3 Å². The van der Waals surface area contributed by atoms with Gasteiger partial charge in [0.2, 0.25) is 0 Å². The molecule has 2 aromatic carbocycles. The van der Waals surface area contributed by atoms with Gasteiger partial charge in [-0.15, -0.1) is 0 Å². The second-order valence-corrected chi connectivity index (χ2v) is 9.18. The molecule has 0 unspecified atom stereocenters. The number of aromatic nitrogens is 4. The Kier molecular flexibility index (Phi) is 5.32. The first-order chi connectivity index (χ1) is 17.3. The molecule has 2 heterocycles. The van der Waals surface area contributed by atoms with Crippen molar-refractivity contribution < 1.29 is 23.1 Å². The smallest absolute Gasteiger partial charge is 0.342 e. The molecular weight excluding hydrogens is 493 g/mol. The summed E-state index contributed by atoms with van der Waals surface area (Å²) in [6.45, 7) is 0.746. The fourth-order valence-corrected chi connectivity index (χ4v) is 5.17. The van der Waals surface area contributed by atoms with E-state index in [1.54, 1.807) is 0 Å². The molecule has 2 aromatic heterocycles. The van der Waals surface area contributed by atoms with Gasteiger partial charge >= 0.3 is 17.3 Å². The van der Waals surface area contributed by atoms with Gasteiger partial charge in [-0.2, -0.15) is 0 Å². The van der Waals surface area contributed by atoms with Crippen molar-refractivity contribution in [2.75, 3.05) is 0 Å². The molecule has 0 aliphatic heterocycles. The topological polar surface area (TPSA) is 108 Å². The standard InChI is InChI=1S/C25H21F3N4O5/c1-25(27,28)15-6-4-5-13-12(15)7-8-17(13)32-21(33)14(22(34)35)11-31(24(32)37)18-10-20-19(9-16(18)26)29(2)23(36)30(20)3/h4-6,9-11,17H,7-8H2,1-3H3,(H,34,35)/t17-/m1/s1. The van der Waals surface area contributed by atoms with Gasteiger partial charge in [0.25, 0.3) is 11.5 Å². The number of nitrogens with zero attached hydrogens (tertiary/aromatic N) is 4. The Balaban J connectivity index is 1.81. The summed E-state index contributed by atoms with van der Waals surface area (Å²) in [5, 5.41) is 9.70. The van der Waals surface area contributed by atoms with E-state index in [1.807, 2.05) is 0 Å². The van der Waals surface area contributed by atoms with E-state index in [0.717, 1.165) is 19.2 Å². The first-order valence-corrected chi connectivity index (χ1v) is 11.3. The van der Waals surface area contributed by atoms with E-state index in [-0.39, 0.29) is 40.7 Å². The van der Waals surface area contributed by atoms with E-state index in [2.05, 4.69) is 0 Å². The average molecular weight is 514 g/mol. The summed E-state index contributed by atoms with van der Waals surface area (Å²) in [4.78, 5) is 51.1. The lowest BCUT2D eigenvalue weighted by Crippen LogP contribution is -2.44. The third-order valence-electron chi connectivity index (χ3n) is 6.97. The van der Waals surface area contributed by atoms with Crippen LogP contribution in [0.5, 0.6) is 0 Å². The summed E-state index contributed by atoms with van der Waals surface area (Å²) in [7, 11) is 2.90. The largest absolute Gasteiger partial charge is 0.477 e. The highest BCUT2D eigenvalue weighted by atomic mass is 19.3. The van der Waals surface area contributed by atoms with Gasteiger partial charge in [0, 0.05) is 38.8 Å². The first kappa shape index (κ1) is 24.3. The van der Waals surface area contributed by atoms with Crippen LogP contribution in [0.15, 0.2) is 50.9 Å². The molecule has 192 valence electrons. The molecule has 1 aliphatic rings. The number of benzene rings is 2. The highest BCUT2D eigenvalue weighted by molar-refractivity contribution is 5.87. The molecule has 4 aromatic rings. The second kappa shape index (κ2) is 8.08. The molecule has 1 N–H and O–H groups in total. The molecule has 0 saturated heterocycles. The van der Waals surface area contributed by atoms with Crippen molar-refractivity contribution in [2.24, 2.45) is 14.1 Å². The molecular formula is C25H21F3N4O5. The maximum atomic E-state index is 15.3. The lowest BCUT2D eigenvalue weighted by atomic mass is 9.98. The van der Waals surface area contributed by atoms with Gasteiger partial charge in [-0.25, -0.2) is 27.6 Å². The Labute approximate surface area is 206 Å². The quantitative estimate of drug-likeness (QED) is 0.451. The van der Waals surface area contributed by atoms with Gasteiger partial charge in [-0.3, -0.25) is 23.1 Å². The number of imidazole rings is 1. The Bertz CT molecular complexity index is 1810. The number of alkyl halides is 2. The lowest BCUT2D eigenvalue weighted by molar-refractivity contribution is 0.0166. The zero-order chi connectivity index (χ0) is 27.0. The third-order valence-corrected chi connectivity index (χ3v) is 6.97. The minimum atomic E-state index is -3.17. The fraction of sp³-hybridized carbons (Fsp3) is 0.280. The minimum absolute atomic E-state index is 0.0926. The number of rotatable bonds is 4. The van der Waals surface area contributed by atoms with Crippen LogP contribution in [0.4, 0.5) is 13.2 Å². The summed E-state index contributed by atoms with van der Waals surface area (Å²) in [6, 6.07) is 5.39. The molecule has 0 bridgehead atoms. The van der Waals surface area contributed by atoms with Gasteiger partial charge in [-0.05, 0) is 30.0 Å². The van der Waals surface area contributed by atoms with E-state index in [1.165, 1.54) is 47.5 Å². The van der Waals surface area contributed by atoms with Crippen LogP contribution in [-0.4, -0.2) is 29.3 Å². The Hall–Kier alpha value is -4.35. The number of aryl methyl sites for hydroxylation is 2. The van der Waals surface area contributed by atoms with Crippen LogP contribution in [0.25, 0.3) is 16.7 Å². The number of hydrogen-bond donors (Lipinski definition) is 1. The van der Waals surface area contributed by atoms with E-state index in [0.29, 0.717) is 14.7 Å². The maximum Gasteiger partial charge on any atom is 0.342 e. The molecule has 1 aliphatic carbocycles. The summed E-state index contributed by atoms with van der Waals surface area (Å²) < 4.78 is 47.5. The normalized spacial score (nSPS) is 15.4. The molecule has 37 heavy (non-hydrogen) atoms. The Morgan fingerprint density at radius 3 is 2.32 bits per heavy atom. The van der Waals surface area contributed by atoms with E-state index in [4.69, 9.17) is 0 Å². The van der Waals surface area contributed by atoms with E-state index in [9.17, 15) is 33.1 Å². The van der Waals surface area contributed by atoms with Crippen molar-refractivity contribution in [3.05, 3.63) is 95.9 Å². The summed E-state index contributed by atoms with van der Waals surface area (Å²) in [5.41, 5.74) is -2.93. The summed E-state index contributed by atoms with van der Waals surface area (Å²) >= 11 is 0. The van der Waals surface area contributed by atoms with E-state index < -0.39 is 46.3 Å². The highest BCUT2D eigenvalue weighted by Gasteiger charge is 2.36. The van der Waals surface area contributed by atoms with Crippen LogP contribution in [0.2, 0.25) is 0 Å². The van der Waals surface area contributed by atoms with Gasteiger partial charge in [0.05, 0.1) is 22.8 Å². The number of carboxylic acid groups (broad SMARTS) is 1. The fourth-order valence-electron chi connectivity index (χ4n) is 5.17. The molecule has 12 heteroatoms. The maximum absolute atomic E-state index is 15.3. The SMILES string of the molecule is Cn1c(=O)n(C)c2cc(-n3cc(C(=O)O)c(=O)n([C@@H]4CCc5c4cccc5C(C)(F)F)c3=O)c(F)cc21. The average Bonchev–Trinajstić information content (AvgIpc) is 3.33. The van der Waals surface area contributed by atoms with Crippen LogP contribution >= 0.6 is 0 Å². The molecule has 9 nitrogen and oxygen atoms in total. The van der Waals surface area contributed by atoms with Gasteiger partial charge in [-0.1, -0.05) is 18.2 Å². The van der Waals surface area contributed by atoms with E-state index >= 15 is 4.39 Å². The molecule has 0 spiro atoms. The van der Waals surface area contributed by atoms with Crippen molar-refractivity contribution in [3.63, 3.8) is 0 Å². The van der Waals surface area contributed by atoms with Gasteiger partial charge in [0.1, 0.15) is 11.4 Å². The molecule has 5 rings (SSSR count). The molecule has 0 amide bonds. The summed E-state index contributed by atoms with van der Waals surface area (Å²) in [6.07, 6.45) is 0.964. The number of hydrogen-bond acceptors (Lipinski definition) is 4. The first-order valence-electron chi connectivity index (χ1n) is 11.3. The number of halogens is 3. The number of fused-ring (bicyclic) bond motifs is 2. The van der Waals surface area contributed by atoms with Gasteiger partial charge < -0.3 is 5.11 Å². The number of carboxylic acids is 1. The zero-order valence-corrected chi connectivity index (χ0v) is 20.0. The monoisotopic (exact) mass is 514 g/mol. The number of aromatic carboxylic acids is 1. The van der Waals surface area contributed by atoms with Crippen molar-refractivity contribution in [2.45, 2.75) is 31.7 Å². The van der Waals surface area contributed by atoms with Crippen LogP contribution in [0, 0.1) is 5.82 Å². The predicted molar refractivity (Wildman–Crippen MR) is 127 cm³/mol. The third kappa shape index (κ3) is 3.54. The molecule has 0 radical (unpaired) electrons. The van der Waals surface area contributed by atoms with Gasteiger partial charge in [0.15, 0.2) is 0 Å². The second-order valence-electron chi connectivity index (χ2n) is 9.18. The summed E-state index contributed by atoms with van der Waals surface area (Å²) in [5.74, 6) is -5.75. The Morgan fingerprint density at radius 2 is 1.70 bits per heavy atom. The molecule has 0 saturated carbocycles. The van der Waals surface area contributed by atoms with Crippen molar-refractivity contribution in [3.8, 4) is 5.69 Å². The zero-order valence-electron chi connectivity index (χ0n) is 20.0. The van der Waals surface area contributed by atoms with Crippen molar-refractivity contribution >= 4 is 17.0 Å². The number of carbonyl (C=O) groups is 1.